The van der Waals surface area contributed by atoms with Gasteiger partial charge in [-0.3, -0.25) is 16.0 Å². The summed E-state index contributed by atoms with van der Waals surface area (Å²) in [5, 5.41) is 12.0. The molecule has 2 saturated heterocycles. The molecule has 1 aromatic rings. The van der Waals surface area contributed by atoms with Crippen LogP contribution in [0.15, 0.2) is 126 Å². The molecule has 43 heavy (non-hydrogen) atoms. The van der Waals surface area contributed by atoms with E-state index in [9.17, 15) is 0 Å². The molecule has 7 aliphatic rings. The minimum atomic E-state index is 0.201. The molecule has 2 aliphatic heterocycles. The smallest absolute Gasteiger partial charge is 0.0821 e. The molecule has 0 saturated carbocycles. The molecule has 3 N–H and O–H groups in total. The van der Waals surface area contributed by atoms with Crippen molar-refractivity contribution in [3.8, 4) is 0 Å². The predicted molar refractivity (Wildman–Crippen MR) is 176 cm³/mol. The molecule has 0 bridgehead atoms. The van der Waals surface area contributed by atoms with Gasteiger partial charge in [-0.15, -0.1) is 0 Å². The summed E-state index contributed by atoms with van der Waals surface area (Å²) < 4.78 is 0. The van der Waals surface area contributed by atoms with Crippen molar-refractivity contribution in [3.05, 3.63) is 132 Å². The summed E-state index contributed by atoms with van der Waals surface area (Å²) in [5.41, 5.74) is 5.88. The number of allylic oxidation sites excluding steroid dienone is 10. The van der Waals surface area contributed by atoms with E-state index in [1.165, 1.54) is 48.9 Å². The van der Waals surface area contributed by atoms with Gasteiger partial charge < -0.3 is 4.90 Å². The Balaban J connectivity index is 1.00. The lowest BCUT2D eigenvalue weighted by Gasteiger charge is -2.46. The Bertz CT molecular complexity index is 1420. The van der Waals surface area contributed by atoms with E-state index in [0.29, 0.717) is 35.6 Å². The van der Waals surface area contributed by atoms with Crippen molar-refractivity contribution in [2.24, 2.45) is 23.7 Å². The van der Waals surface area contributed by atoms with Crippen LogP contribution >= 0.6 is 0 Å². The maximum Gasteiger partial charge on any atom is 0.0821 e. The van der Waals surface area contributed by atoms with Gasteiger partial charge in [0.15, 0.2) is 0 Å². The predicted octanol–water partition coefficient (Wildman–Crippen LogP) is 7.34. The van der Waals surface area contributed by atoms with Gasteiger partial charge in [0.25, 0.3) is 0 Å². The van der Waals surface area contributed by atoms with Crippen molar-refractivity contribution < 1.29 is 0 Å². The lowest BCUT2D eigenvalue weighted by molar-refractivity contribution is 0.150. The van der Waals surface area contributed by atoms with E-state index in [4.69, 9.17) is 0 Å². The third-order valence-corrected chi connectivity index (χ3v) is 11.0. The molecular weight excluding hydrogens is 524 g/mol. The van der Waals surface area contributed by atoms with E-state index >= 15 is 0 Å². The Morgan fingerprint density at radius 3 is 2.42 bits per heavy atom. The van der Waals surface area contributed by atoms with Gasteiger partial charge >= 0.3 is 0 Å². The van der Waals surface area contributed by atoms with Gasteiger partial charge in [0.1, 0.15) is 0 Å². The number of fused-ring (bicyclic) bond motifs is 3. The Hall–Kier alpha value is -3.18. The van der Waals surface area contributed by atoms with Crippen LogP contribution in [0.2, 0.25) is 0 Å². The molecule has 4 nitrogen and oxygen atoms in total. The van der Waals surface area contributed by atoms with Gasteiger partial charge in [0.05, 0.1) is 24.5 Å². The second kappa shape index (κ2) is 12.1. The molecule has 2 fully saturated rings. The van der Waals surface area contributed by atoms with Gasteiger partial charge in [-0.2, -0.15) is 0 Å². The summed E-state index contributed by atoms with van der Waals surface area (Å²) in [4.78, 5) is 2.67. The van der Waals surface area contributed by atoms with Gasteiger partial charge in [0.2, 0.25) is 0 Å². The first-order valence-electron chi connectivity index (χ1n) is 16.9. The topological polar surface area (TPSA) is 39.3 Å². The quantitative estimate of drug-likeness (QED) is 0.324. The zero-order valence-corrected chi connectivity index (χ0v) is 25.2. The number of rotatable bonds is 5. The van der Waals surface area contributed by atoms with Gasteiger partial charge in [0, 0.05) is 41.0 Å². The van der Waals surface area contributed by atoms with Crippen molar-refractivity contribution in [3.63, 3.8) is 0 Å². The van der Waals surface area contributed by atoms with Crippen LogP contribution in [0, 0.1) is 23.7 Å². The molecule has 0 amide bonds. The summed E-state index contributed by atoms with van der Waals surface area (Å²) in [6.07, 6.45) is 41.4. The highest BCUT2D eigenvalue weighted by Crippen LogP contribution is 2.48. The largest absolute Gasteiger partial charge is 0.338 e. The van der Waals surface area contributed by atoms with E-state index < -0.39 is 0 Å². The second-order valence-electron chi connectivity index (χ2n) is 13.5. The van der Waals surface area contributed by atoms with Crippen LogP contribution in [0.5, 0.6) is 0 Å². The number of nitrogens with one attached hydrogen (secondary N) is 3. The van der Waals surface area contributed by atoms with Gasteiger partial charge in [-0.1, -0.05) is 103 Å². The van der Waals surface area contributed by atoms with Crippen LogP contribution in [-0.4, -0.2) is 29.4 Å². The van der Waals surface area contributed by atoms with Crippen LogP contribution in [0.1, 0.15) is 62.8 Å². The third kappa shape index (κ3) is 5.39. The average Bonchev–Trinajstić information content (AvgIpc) is 3.43. The molecular formula is C39H46N4. The lowest BCUT2D eigenvalue weighted by atomic mass is 9.81. The van der Waals surface area contributed by atoms with Crippen molar-refractivity contribution >= 4 is 0 Å². The fourth-order valence-electron chi connectivity index (χ4n) is 8.71. The second-order valence-corrected chi connectivity index (χ2v) is 13.5. The Kier molecular flexibility index (Phi) is 7.69. The van der Waals surface area contributed by atoms with Gasteiger partial charge in [-0.05, 0) is 68.6 Å². The molecule has 2 heterocycles. The van der Waals surface area contributed by atoms with E-state index in [0.717, 1.165) is 19.3 Å². The number of nitrogens with zero attached hydrogens (tertiary/aromatic N) is 1. The number of hydrogen-bond acceptors (Lipinski definition) is 4. The molecule has 4 heteroatoms. The zero-order valence-electron chi connectivity index (χ0n) is 25.2. The first kappa shape index (κ1) is 27.4. The van der Waals surface area contributed by atoms with Gasteiger partial charge in [-0.25, -0.2) is 0 Å². The highest BCUT2D eigenvalue weighted by Gasteiger charge is 2.45. The minimum Gasteiger partial charge on any atom is -0.338 e. The maximum atomic E-state index is 4.05. The molecule has 9 atom stereocenters. The highest BCUT2D eigenvalue weighted by atomic mass is 15.4. The first-order valence-corrected chi connectivity index (χ1v) is 16.9. The fraction of sp³-hybridized carbons (Fsp3) is 0.436. The van der Waals surface area contributed by atoms with Crippen LogP contribution in [-0.2, 0) is 0 Å². The van der Waals surface area contributed by atoms with Crippen molar-refractivity contribution in [2.75, 3.05) is 0 Å². The van der Waals surface area contributed by atoms with Crippen LogP contribution in [0.3, 0.4) is 0 Å². The molecule has 0 spiro atoms. The summed E-state index contributed by atoms with van der Waals surface area (Å²) >= 11 is 0. The molecule has 0 aromatic heterocycles. The van der Waals surface area contributed by atoms with E-state index in [1.54, 1.807) is 5.70 Å². The Labute approximate surface area is 257 Å². The summed E-state index contributed by atoms with van der Waals surface area (Å²) in [6.45, 7) is 0. The molecule has 1 aromatic carbocycles. The molecule has 5 aliphatic carbocycles. The average molecular weight is 571 g/mol. The first-order chi connectivity index (χ1) is 21.3. The van der Waals surface area contributed by atoms with E-state index in [1.807, 2.05) is 0 Å². The lowest BCUT2D eigenvalue weighted by Crippen LogP contribution is -2.71. The minimum absolute atomic E-state index is 0.201. The van der Waals surface area contributed by atoms with E-state index in [2.05, 4.69) is 130 Å². The maximum absolute atomic E-state index is 4.05. The van der Waals surface area contributed by atoms with Crippen molar-refractivity contribution in [1.82, 2.24) is 20.9 Å². The molecule has 0 radical (unpaired) electrons. The fourth-order valence-corrected chi connectivity index (χ4v) is 8.71. The molecule has 8 rings (SSSR count). The summed E-state index contributed by atoms with van der Waals surface area (Å²) in [6, 6.07) is 11.5. The molecule has 9 unspecified atom stereocenters. The van der Waals surface area contributed by atoms with Crippen LogP contribution < -0.4 is 16.0 Å². The highest BCUT2D eigenvalue weighted by molar-refractivity contribution is 5.39. The number of likely N-dealkylation sites (tertiary alicyclic amines) is 1. The standard InChI is InChI=1S/C39H46N4/c1-3-11-27(12-4-1)28-19-21-30(22-20-28)38-40-37(29-13-5-2-6-14-29)41-39(42-38)31-23-25-32(26-24-31)43-35-17-9-7-15-33(35)34-16-8-10-18-36(34)43/h1-5,7,9,11-13,15,17-19,21,23,25-26,28,30-31,33-35,37-42H,6,8,10,14,16,20,22,24H2. The SMILES string of the molecule is C1=CCCC(C2NC(C3C=CC(N4C5=CCCCC5C5C=CC=CC54)=CC3)NC(C3C=CC(c4ccccc4)CC3)N2)=C1. The van der Waals surface area contributed by atoms with Crippen molar-refractivity contribution in [1.29, 1.82) is 0 Å². The normalized spacial score (nSPS) is 38.3. The molecule has 222 valence electrons. The number of benzene rings is 1. The number of hydrogen-bond donors (Lipinski definition) is 3. The summed E-state index contributed by atoms with van der Waals surface area (Å²) in [5.74, 6) is 2.70. The summed E-state index contributed by atoms with van der Waals surface area (Å²) in [7, 11) is 0. The van der Waals surface area contributed by atoms with Crippen molar-refractivity contribution in [2.45, 2.75) is 81.8 Å². The van der Waals surface area contributed by atoms with E-state index in [-0.39, 0.29) is 18.5 Å². The van der Waals surface area contributed by atoms with Crippen LogP contribution in [0.25, 0.3) is 0 Å². The Morgan fingerprint density at radius 2 is 1.63 bits per heavy atom. The van der Waals surface area contributed by atoms with Crippen LogP contribution in [0.4, 0.5) is 0 Å². The monoisotopic (exact) mass is 570 g/mol. The zero-order chi connectivity index (χ0) is 28.6. The third-order valence-electron chi connectivity index (χ3n) is 11.0. The Morgan fingerprint density at radius 1 is 0.744 bits per heavy atom.